The van der Waals surface area contributed by atoms with Crippen molar-refractivity contribution in [3.8, 4) is 0 Å². The molecule has 0 spiro atoms. The summed E-state index contributed by atoms with van der Waals surface area (Å²) in [6.45, 7) is 8.83. The van der Waals surface area contributed by atoms with Crippen LogP contribution in [0.1, 0.15) is 44.5 Å². The second-order valence-electron chi connectivity index (χ2n) is 6.20. The molecule has 6 nitrogen and oxygen atoms in total. The van der Waals surface area contributed by atoms with Crippen LogP contribution in [-0.2, 0) is 6.54 Å². The van der Waals surface area contributed by atoms with Crippen LogP contribution >= 0.6 is 0 Å². The molecule has 2 N–H and O–H groups in total. The summed E-state index contributed by atoms with van der Waals surface area (Å²) >= 11 is 0. The van der Waals surface area contributed by atoms with E-state index in [1.807, 2.05) is 29.8 Å². The van der Waals surface area contributed by atoms with E-state index in [1.165, 1.54) is 0 Å². The van der Waals surface area contributed by atoms with Gasteiger partial charge in [-0.1, -0.05) is 19.9 Å². The summed E-state index contributed by atoms with van der Waals surface area (Å²) in [5.41, 5.74) is 1.92. The molecule has 0 radical (unpaired) electrons. The maximum Gasteiger partial charge on any atom is 0.320 e. The van der Waals surface area contributed by atoms with Gasteiger partial charge in [-0.25, -0.2) is 9.48 Å². The average molecular weight is 315 g/mol. The molecular formula is C17H25N5O. The number of carbonyl (C=O) groups is 1. The van der Waals surface area contributed by atoms with E-state index in [9.17, 15) is 4.79 Å². The fraction of sp³-hybridized carbons (Fsp3) is 0.471. The molecule has 0 aromatic carbocycles. The normalized spacial score (nSPS) is 12.2. The predicted octanol–water partition coefficient (Wildman–Crippen LogP) is 3.52. The smallest absolute Gasteiger partial charge is 0.320 e. The summed E-state index contributed by atoms with van der Waals surface area (Å²) in [5, 5.41) is 10.0. The summed E-state index contributed by atoms with van der Waals surface area (Å²) < 4.78 is 1.86. The lowest BCUT2D eigenvalue weighted by Gasteiger charge is -2.18. The van der Waals surface area contributed by atoms with Gasteiger partial charge >= 0.3 is 6.03 Å². The number of pyridine rings is 1. The van der Waals surface area contributed by atoms with Crippen LogP contribution in [0.25, 0.3) is 0 Å². The molecule has 0 fully saturated rings. The fourth-order valence-electron chi connectivity index (χ4n) is 2.59. The monoisotopic (exact) mass is 315 g/mol. The molecule has 0 aliphatic rings. The first-order valence-corrected chi connectivity index (χ1v) is 7.96. The molecule has 0 aliphatic carbocycles. The number of aryl methyl sites for hydroxylation is 1. The van der Waals surface area contributed by atoms with Gasteiger partial charge in [-0.15, -0.1) is 0 Å². The molecule has 2 rings (SSSR count). The molecule has 0 saturated carbocycles. The summed E-state index contributed by atoms with van der Waals surface area (Å²) in [6, 6.07) is 5.63. The van der Waals surface area contributed by atoms with Crippen molar-refractivity contribution in [3.05, 3.63) is 41.9 Å². The number of nitrogens with one attached hydrogen (secondary N) is 2. The molecule has 2 aromatic heterocycles. The lowest BCUT2D eigenvalue weighted by Crippen LogP contribution is -2.30. The van der Waals surface area contributed by atoms with Crippen LogP contribution in [0.3, 0.4) is 0 Å². The van der Waals surface area contributed by atoms with Gasteiger partial charge in [-0.05, 0) is 37.8 Å². The number of amides is 2. The predicted molar refractivity (Wildman–Crippen MR) is 91.2 cm³/mol. The van der Waals surface area contributed by atoms with Crippen LogP contribution in [0, 0.1) is 12.8 Å². The largest absolute Gasteiger partial charge is 0.334 e. The van der Waals surface area contributed by atoms with E-state index < -0.39 is 0 Å². The van der Waals surface area contributed by atoms with Crippen molar-refractivity contribution < 1.29 is 4.79 Å². The zero-order valence-electron chi connectivity index (χ0n) is 14.2. The van der Waals surface area contributed by atoms with Gasteiger partial charge in [0.15, 0.2) is 0 Å². The number of urea groups is 1. The Bertz CT molecular complexity index is 650. The van der Waals surface area contributed by atoms with E-state index in [4.69, 9.17) is 0 Å². The topological polar surface area (TPSA) is 71.8 Å². The highest BCUT2D eigenvalue weighted by Gasteiger charge is 2.13. The number of anilines is 1. The third-order valence-corrected chi connectivity index (χ3v) is 3.70. The first-order valence-electron chi connectivity index (χ1n) is 7.96. The van der Waals surface area contributed by atoms with E-state index in [2.05, 4.69) is 41.5 Å². The number of hydrogen-bond acceptors (Lipinski definition) is 3. The van der Waals surface area contributed by atoms with Crippen LogP contribution in [-0.4, -0.2) is 20.8 Å². The third-order valence-electron chi connectivity index (χ3n) is 3.70. The van der Waals surface area contributed by atoms with E-state index in [0.29, 0.717) is 18.3 Å². The van der Waals surface area contributed by atoms with Crippen LogP contribution < -0.4 is 10.6 Å². The number of hydrogen-bond donors (Lipinski definition) is 2. The quantitative estimate of drug-likeness (QED) is 0.856. The maximum atomic E-state index is 12.1. The molecule has 2 aromatic rings. The van der Waals surface area contributed by atoms with E-state index in [0.717, 1.165) is 17.7 Å². The summed E-state index contributed by atoms with van der Waals surface area (Å²) in [6.07, 6.45) is 4.46. The molecule has 0 bridgehead atoms. The van der Waals surface area contributed by atoms with Crippen molar-refractivity contribution in [1.29, 1.82) is 0 Å². The lowest BCUT2D eigenvalue weighted by molar-refractivity contribution is 0.251. The minimum Gasteiger partial charge on any atom is -0.334 e. The van der Waals surface area contributed by atoms with Crippen LogP contribution in [0.4, 0.5) is 10.6 Å². The highest BCUT2D eigenvalue weighted by Crippen LogP contribution is 2.20. The van der Waals surface area contributed by atoms with Crippen molar-refractivity contribution in [2.75, 3.05) is 5.32 Å². The molecule has 0 aliphatic heterocycles. The summed E-state index contributed by atoms with van der Waals surface area (Å²) in [5.74, 6) is 1.28. The van der Waals surface area contributed by atoms with Crippen molar-refractivity contribution >= 4 is 11.8 Å². The fourth-order valence-corrected chi connectivity index (χ4v) is 2.59. The molecule has 2 amide bonds. The highest BCUT2D eigenvalue weighted by atomic mass is 16.2. The lowest BCUT2D eigenvalue weighted by atomic mass is 10.1. The maximum absolute atomic E-state index is 12.1. The van der Waals surface area contributed by atoms with Crippen LogP contribution in [0.15, 0.2) is 30.6 Å². The molecule has 2 heterocycles. The Morgan fingerprint density at radius 2 is 2.04 bits per heavy atom. The van der Waals surface area contributed by atoms with Crippen molar-refractivity contribution in [2.24, 2.45) is 5.92 Å². The second kappa shape index (κ2) is 7.76. The average Bonchev–Trinajstić information content (AvgIpc) is 2.94. The summed E-state index contributed by atoms with van der Waals surface area (Å²) in [4.78, 5) is 16.3. The van der Waals surface area contributed by atoms with E-state index >= 15 is 0 Å². The SMILES string of the molecule is Cc1ncccc1CNC(=O)Nc1ccnn1C(C)CC(C)C. The molecule has 1 unspecified atom stereocenters. The first-order chi connectivity index (χ1) is 11.0. The first kappa shape index (κ1) is 17.0. The van der Waals surface area contributed by atoms with Gasteiger partial charge < -0.3 is 5.32 Å². The highest BCUT2D eigenvalue weighted by molar-refractivity contribution is 5.88. The van der Waals surface area contributed by atoms with Gasteiger partial charge in [-0.2, -0.15) is 5.10 Å². The molecule has 124 valence electrons. The molecular weight excluding hydrogens is 290 g/mol. The Morgan fingerprint density at radius 3 is 2.74 bits per heavy atom. The zero-order valence-corrected chi connectivity index (χ0v) is 14.2. The van der Waals surface area contributed by atoms with Crippen molar-refractivity contribution in [1.82, 2.24) is 20.1 Å². The summed E-state index contributed by atoms with van der Waals surface area (Å²) in [7, 11) is 0. The number of nitrogens with zero attached hydrogens (tertiary/aromatic N) is 3. The van der Waals surface area contributed by atoms with Crippen LogP contribution in [0.2, 0.25) is 0 Å². The van der Waals surface area contributed by atoms with Crippen LogP contribution in [0.5, 0.6) is 0 Å². The number of rotatable bonds is 6. The second-order valence-corrected chi connectivity index (χ2v) is 6.20. The standard InChI is InChI=1S/C17H25N5O/c1-12(2)10-13(3)22-16(7-9-20-22)21-17(23)19-11-15-6-5-8-18-14(15)4/h5-9,12-13H,10-11H2,1-4H3,(H2,19,21,23). The Kier molecular flexibility index (Phi) is 5.73. The molecule has 6 heteroatoms. The van der Waals surface area contributed by atoms with Gasteiger partial charge in [0, 0.05) is 24.5 Å². The Morgan fingerprint density at radius 1 is 1.26 bits per heavy atom. The van der Waals surface area contributed by atoms with Gasteiger partial charge in [0.2, 0.25) is 0 Å². The van der Waals surface area contributed by atoms with Crippen molar-refractivity contribution in [2.45, 2.75) is 46.7 Å². The minimum absolute atomic E-state index is 0.237. The van der Waals surface area contributed by atoms with E-state index in [1.54, 1.807) is 12.4 Å². The van der Waals surface area contributed by atoms with Gasteiger partial charge in [0.25, 0.3) is 0 Å². The van der Waals surface area contributed by atoms with Gasteiger partial charge in [0.1, 0.15) is 5.82 Å². The van der Waals surface area contributed by atoms with Gasteiger partial charge in [-0.3, -0.25) is 10.3 Å². The van der Waals surface area contributed by atoms with E-state index in [-0.39, 0.29) is 12.1 Å². The number of aromatic nitrogens is 3. The van der Waals surface area contributed by atoms with Gasteiger partial charge in [0.05, 0.1) is 12.2 Å². The Labute approximate surface area is 137 Å². The Hall–Kier alpha value is -2.37. The molecule has 23 heavy (non-hydrogen) atoms. The molecule has 0 saturated heterocycles. The zero-order chi connectivity index (χ0) is 16.8. The number of carbonyl (C=O) groups excluding carboxylic acids is 1. The minimum atomic E-state index is -0.244. The Balaban J connectivity index is 1.93. The van der Waals surface area contributed by atoms with Crippen molar-refractivity contribution in [3.63, 3.8) is 0 Å². The third kappa shape index (κ3) is 4.81. The molecule has 1 atom stereocenters.